The fourth-order valence-electron chi connectivity index (χ4n) is 1.67. The fraction of sp³-hybridized carbons (Fsp3) is 0.583. The minimum atomic E-state index is -4.48. The van der Waals surface area contributed by atoms with E-state index in [4.69, 9.17) is 0 Å². The number of pyridine rings is 1. The first-order valence-electron chi connectivity index (χ1n) is 5.71. The molecule has 0 radical (unpaired) electrons. The van der Waals surface area contributed by atoms with E-state index in [-0.39, 0.29) is 12.0 Å². The van der Waals surface area contributed by atoms with Crippen LogP contribution in [0.1, 0.15) is 18.1 Å². The summed E-state index contributed by atoms with van der Waals surface area (Å²) >= 11 is 0. The lowest BCUT2D eigenvalue weighted by Gasteiger charge is -2.16. The van der Waals surface area contributed by atoms with E-state index >= 15 is 0 Å². The van der Waals surface area contributed by atoms with E-state index in [2.05, 4.69) is 0 Å². The Hall–Kier alpha value is -1.30. The predicted molar refractivity (Wildman–Crippen MR) is 63.6 cm³/mol. The second kappa shape index (κ2) is 5.56. The SMILES string of the molecule is CCn1cc(CCN(C)C)c(C(F)(F)F)cc1=O. The van der Waals surface area contributed by atoms with Crippen molar-refractivity contribution in [2.45, 2.75) is 26.1 Å². The van der Waals surface area contributed by atoms with Gasteiger partial charge in [0.2, 0.25) is 0 Å². The Balaban J connectivity index is 3.22. The predicted octanol–water partition coefficient (Wildman–Crippen LogP) is 1.99. The summed E-state index contributed by atoms with van der Waals surface area (Å²) in [5.41, 5.74) is -1.27. The fourth-order valence-corrected chi connectivity index (χ4v) is 1.67. The summed E-state index contributed by atoms with van der Waals surface area (Å²) in [5, 5.41) is 0. The molecule has 0 saturated heterocycles. The van der Waals surface area contributed by atoms with Gasteiger partial charge in [-0.1, -0.05) is 0 Å². The lowest BCUT2D eigenvalue weighted by molar-refractivity contribution is -0.138. The Bertz CT molecular complexity index is 463. The highest BCUT2D eigenvalue weighted by atomic mass is 19.4. The highest BCUT2D eigenvalue weighted by Gasteiger charge is 2.34. The topological polar surface area (TPSA) is 25.2 Å². The maximum atomic E-state index is 12.8. The van der Waals surface area contributed by atoms with Gasteiger partial charge in [-0.3, -0.25) is 4.79 Å². The molecule has 0 aliphatic carbocycles. The van der Waals surface area contributed by atoms with Gasteiger partial charge in [0, 0.05) is 25.4 Å². The molecule has 0 amide bonds. The molecular formula is C12H17F3N2O. The normalized spacial score (nSPS) is 12.2. The number of nitrogens with zero attached hydrogens (tertiary/aromatic N) is 2. The van der Waals surface area contributed by atoms with Crippen molar-refractivity contribution in [3.63, 3.8) is 0 Å². The van der Waals surface area contributed by atoms with Gasteiger partial charge >= 0.3 is 6.18 Å². The van der Waals surface area contributed by atoms with E-state index in [1.165, 1.54) is 10.8 Å². The summed E-state index contributed by atoms with van der Waals surface area (Å²) in [4.78, 5) is 13.3. The van der Waals surface area contributed by atoms with Gasteiger partial charge in [0.05, 0.1) is 5.56 Å². The Labute approximate surface area is 104 Å². The molecule has 0 atom stereocenters. The number of halogens is 3. The van der Waals surface area contributed by atoms with Crippen LogP contribution in [0.4, 0.5) is 13.2 Å². The molecule has 1 aromatic rings. The van der Waals surface area contributed by atoms with E-state index in [0.717, 1.165) is 0 Å². The molecule has 0 N–H and O–H groups in total. The molecule has 1 aromatic heterocycles. The van der Waals surface area contributed by atoms with Gasteiger partial charge in [0.25, 0.3) is 5.56 Å². The van der Waals surface area contributed by atoms with Crippen LogP contribution in [0.2, 0.25) is 0 Å². The molecule has 18 heavy (non-hydrogen) atoms. The zero-order valence-electron chi connectivity index (χ0n) is 10.7. The molecule has 0 unspecified atom stereocenters. The quantitative estimate of drug-likeness (QED) is 0.829. The summed E-state index contributed by atoms with van der Waals surface area (Å²) in [6, 6.07) is 0.689. The summed E-state index contributed by atoms with van der Waals surface area (Å²) in [6.45, 7) is 2.60. The van der Waals surface area contributed by atoms with Gasteiger partial charge in [-0.15, -0.1) is 0 Å². The first-order valence-corrected chi connectivity index (χ1v) is 5.71. The van der Waals surface area contributed by atoms with Crippen LogP contribution in [0.25, 0.3) is 0 Å². The zero-order valence-corrected chi connectivity index (χ0v) is 10.7. The molecule has 0 spiro atoms. The van der Waals surface area contributed by atoms with Crippen molar-refractivity contribution in [2.24, 2.45) is 0 Å². The smallest absolute Gasteiger partial charge is 0.316 e. The third kappa shape index (κ3) is 3.60. The van der Waals surface area contributed by atoms with Gasteiger partial charge in [-0.05, 0) is 33.0 Å². The van der Waals surface area contributed by atoms with Crippen molar-refractivity contribution in [3.05, 3.63) is 33.7 Å². The molecule has 102 valence electrons. The summed E-state index contributed by atoms with van der Waals surface area (Å²) < 4.78 is 39.8. The number of hydrogen-bond donors (Lipinski definition) is 0. The molecule has 1 rings (SSSR count). The lowest BCUT2D eigenvalue weighted by atomic mass is 10.1. The monoisotopic (exact) mass is 262 g/mol. The number of alkyl halides is 3. The van der Waals surface area contributed by atoms with Gasteiger partial charge in [0.1, 0.15) is 0 Å². The first kappa shape index (κ1) is 14.8. The van der Waals surface area contributed by atoms with Crippen molar-refractivity contribution >= 4 is 0 Å². The van der Waals surface area contributed by atoms with E-state index in [1.54, 1.807) is 21.0 Å². The third-order valence-corrected chi connectivity index (χ3v) is 2.68. The van der Waals surface area contributed by atoms with Gasteiger partial charge in [-0.25, -0.2) is 0 Å². The molecule has 3 nitrogen and oxygen atoms in total. The lowest BCUT2D eigenvalue weighted by Crippen LogP contribution is -2.25. The molecule has 0 aliphatic heterocycles. The minimum Gasteiger partial charge on any atom is -0.316 e. The molecule has 6 heteroatoms. The Morgan fingerprint density at radius 1 is 1.33 bits per heavy atom. The first-order chi connectivity index (χ1) is 8.25. The van der Waals surface area contributed by atoms with Crippen molar-refractivity contribution in [3.8, 4) is 0 Å². The van der Waals surface area contributed by atoms with Crippen molar-refractivity contribution in [2.75, 3.05) is 20.6 Å². The summed E-state index contributed by atoms with van der Waals surface area (Å²) in [6.07, 6.45) is -2.90. The van der Waals surface area contributed by atoms with E-state index in [1.807, 2.05) is 4.90 Å². The van der Waals surface area contributed by atoms with Crippen LogP contribution in [0.3, 0.4) is 0 Å². The average molecular weight is 262 g/mol. The highest BCUT2D eigenvalue weighted by molar-refractivity contribution is 5.27. The van der Waals surface area contributed by atoms with E-state index in [0.29, 0.717) is 19.2 Å². The molecule has 0 saturated carbocycles. The second-order valence-electron chi connectivity index (χ2n) is 4.39. The van der Waals surface area contributed by atoms with Crippen LogP contribution in [-0.2, 0) is 19.1 Å². The number of aromatic nitrogens is 1. The molecule has 0 bridgehead atoms. The minimum absolute atomic E-state index is 0.164. The van der Waals surface area contributed by atoms with Crippen LogP contribution in [-0.4, -0.2) is 30.1 Å². The Morgan fingerprint density at radius 2 is 1.94 bits per heavy atom. The van der Waals surface area contributed by atoms with Crippen LogP contribution in [0, 0.1) is 0 Å². The standard InChI is InChI=1S/C12H17F3N2O/c1-4-17-8-9(5-6-16(2)3)10(7-11(17)18)12(13,14)15/h7-8H,4-6H2,1-3H3. The zero-order chi connectivity index (χ0) is 13.9. The summed E-state index contributed by atoms with van der Waals surface area (Å²) in [7, 11) is 3.59. The maximum Gasteiger partial charge on any atom is 0.416 e. The maximum absolute atomic E-state index is 12.8. The van der Waals surface area contributed by atoms with E-state index < -0.39 is 17.3 Å². The second-order valence-corrected chi connectivity index (χ2v) is 4.39. The molecule has 1 heterocycles. The van der Waals surface area contributed by atoms with E-state index in [9.17, 15) is 18.0 Å². The molecular weight excluding hydrogens is 245 g/mol. The van der Waals surface area contributed by atoms with Crippen LogP contribution >= 0.6 is 0 Å². The number of hydrogen-bond acceptors (Lipinski definition) is 2. The number of likely N-dealkylation sites (N-methyl/N-ethyl adjacent to an activating group) is 1. The van der Waals surface area contributed by atoms with Crippen LogP contribution < -0.4 is 5.56 Å². The number of rotatable bonds is 4. The average Bonchev–Trinajstić information content (AvgIpc) is 2.25. The molecule has 0 aromatic carbocycles. The van der Waals surface area contributed by atoms with Crippen LogP contribution in [0.15, 0.2) is 17.1 Å². The number of aryl methyl sites for hydroxylation is 1. The molecule has 0 aliphatic rings. The van der Waals surface area contributed by atoms with Gasteiger partial charge in [0.15, 0.2) is 0 Å². The molecule has 0 fully saturated rings. The van der Waals surface area contributed by atoms with Gasteiger partial charge < -0.3 is 9.47 Å². The van der Waals surface area contributed by atoms with Gasteiger partial charge in [-0.2, -0.15) is 13.2 Å². The van der Waals surface area contributed by atoms with Crippen molar-refractivity contribution in [1.82, 2.24) is 9.47 Å². The highest BCUT2D eigenvalue weighted by Crippen LogP contribution is 2.31. The Morgan fingerprint density at radius 3 is 2.39 bits per heavy atom. The Kier molecular flexibility index (Phi) is 4.56. The van der Waals surface area contributed by atoms with Crippen molar-refractivity contribution < 1.29 is 13.2 Å². The third-order valence-electron chi connectivity index (χ3n) is 2.68. The van der Waals surface area contributed by atoms with Crippen LogP contribution in [0.5, 0.6) is 0 Å². The largest absolute Gasteiger partial charge is 0.416 e. The van der Waals surface area contributed by atoms with Crippen molar-refractivity contribution in [1.29, 1.82) is 0 Å². The summed E-state index contributed by atoms with van der Waals surface area (Å²) in [5.74, 6) is 0.